The summed E-state index contributed by atoms with van der Waals surface area (Å²) in [5.41, 5.74) is 5.93. The summed E-state index contributed by atoms with van der Waals surface area (Å²) in [5.74, 6) is 0.913. The first kappa shape index (κ1) is 16.2. The third kappa shape index (κ3) is 4.15. The van der Waals surface area contributed by atoms with Gasteiger partial charge in [0.1, 0.15) is 0 Å². The maximum atomic E-state index is 5.93. The van der Waals surface area contributed by atoms with Gasteiger partial charge in [-0.15, -0.1) is 0 Å². The van der Waals surface area contributed by atoms with Gasteiger partial charge in [-0.1, -0.05) is 45.3 Å². The van der Waals surface area contributed by atoms with Crippen LogP contribution in [0.2, 0.25) is 0 Å². The van der Waals surface area contributed by atoms with E-state index < -0.39 is 0 Å². The Morgan fingerprint density at radius 1 is 1.25 bits per heavy atom. The van der Waals surface area contributed by atoms with Crippen LogP contribution in [0.1, 0.15) is 52.4 Å². The van der Waals surface area contributed by atoms with E-state index in [1.807, 2.05) is 0 Å². The van der Waals surface area contributed by atoms with Crippen molar-refractivity contribution in [3.05, 3.63) is 0 Å². The van der Waals surface area contributed by atoms with Gasteiger partial charge in [-0.2, -0.15) is 0 Å². The van der Waals surface area contributed by atoms with Gasteiger partial charge >= 0.3 is 0 Å². The average molecular weight is 298 g/mol. The topological polar surface area (TPSA) is 32.5 Å². The fourth-order valence-electron chi connectivity index (χ4n) is 3.93. The van der Waals surface area contributed by atoms with Crippen molar-refractivity contribution in [2.75, 3.05) is 26.2 Å². The normalized spacial score (nSPS) is 31.1. The van der Waals surface area contributed by atoms with Gasteiger partial charge in [0, 0.05) is 32.2 Å². The van der Waals surface area contributed by atoms with E-state index in [0.717, 1.165) is 37.9 Å². The Morgan fingerprint density at radius 3 is 2.50 bits per heavy atom. The van der Waals surface area contributed by atoms with Crippen molar-refractivity contribution in [3.63, 3.8) is 0 Å². The summed E-state index contributed by atoms with van der Waals surface area (Å²) in [6, 6.07) is 1.15. The standard InChI is InChI=1S/C16H31N3S/c1-3-5-15(16(17)20)19-10-8-18(9-11-19)14-7-4-6-13(2)12-14/h13-15H,3-12H2,1-2H3,(H2,17,20). The summed E-state index contributed by atoms with van der Waals surface area (Å²) in [7, 11) is 0. The van der Waals surface area contributed by atoms with Crippen LogP contribution >= 0.6 is 12.2 Å². The molecular weight excluding hydrogens is 266 g/mol. The molecule has 0 aromatic rings. The molecule has 1 saturated carbocycles. The lowest BCUT2D eigenvalue weighted by Gasteiger charge is -2.44. The average Bonchev–Trinajstić information content (AvgIpc) is 2.45. The Labute approximate surface area is 129 Å². The van der Waals surface area contributed by atoms with Gasteiger partial charge in [-0.3, -0.25) is 9.80 Å². The van der Waals surface area contributed by atoms with E-state index in [1.54, 1.807) is 0 Å². The van der Waals surface area contributed by atoms with Crippen LogP contribution in [0.3, 0.4) is 0 Å². The molecule has 2 N–H and O–H groups in total. The molecule has 0 bridgehead atoms. The van der Waals surface area contributed by atoms with Gasteiger partial charge in [-0.25, -0.2) is 0 Å². The Kier molecular flexibility index (Phi) is 6.24. The van der Waals surface area contributed by atoms with Gasteiger partial charge in [-0.05, 0) is 25.2 Å². The van der Waals surface area contributed by atoms with Crippen LogP contribution in [0.25, 0.3) is 0 Å². The molecule has 0 amide bonds. The molecule has 3 unspecified atom stereocenters. The first-order valence-corrected chi connectivity index (χ1v) is 8.80. The van der Waals surface area contributed by atoms with E-state index >= 15 is 0 Å². The lowest BCUT2D eigenvalue weighted by molar-refractivity contribution is 0.0598. The van der Waals surface area contributed by atoms with Gasteiger partial charge < -0.3 is 5.73 Å². The number of piperazine rings is 1. The second-order valence-corrected chi connectivity index (χ2v) is 7.18. The van der Waals surface area contributed by atoms with Crippen LogP contribution < -0.4 is 5.73 Å². The molecule has 116 valence electrons. The molecule has 1 aliphatic carbocycles. The third-order valence-corrected chi connectivity index (χ3v) is 5.38. The summed E-state index contributed by atoms with van der Waals surface area (Å²) < 4.78 is 0. The molecule has 0 radical (unpaired) electrons. The third-order valence-electron chi connectivity index (χ3n) is 5.11. The monoisotopic (exact) mass is 297 g/mol. The Balaban J connectivity index is 1.83. The molecule has 1 heterocycles. The van der Waals surface area contributed by atoms with E-state index in [4.69, 9.17) is 18.0 Å². The zero-order chi connectivity index (χ0) is 14.5. The molecule has 2 fully saturated rings. The number of hydrogen-bond donors (Lipinski definition) is 1. The molecule has 1 aliphatic heterocycles. The van der Waals surface area contributed by atoms with Crippen molar-refractivity contribution >= 4 is 17.2 Å². The van der Waals surface area contributed by atoms with Crippen molar-refractivity contribution < 1.29 is 0 Å². The van der Waals surface area contributed by atoms with Crippen LogP contribution in [0.4, 0.5) is 0 Å². The second kappa shape index (κ2) is 7.71. The number of rotatable bonds is 5. The van der Waals surface area contributed by atoms with Gasteiger partial charge in [0.25, 0.3) is 0 Å². The van der Waals surface area contributed by atoms with Crippen LogP contribution in [0.5, 0.6) is 0 Å². The highest BCUT2D eigenvalue weighted by Gasteiger charge is 2.30. The van der Waals surface area contributed by atoms with Gasteiger partial charge in [0.05, 0.1) is 11.0 Å². The van der Waals surface area contributed by atoms with E-state index in [-0.39, 0.29) is 0 Å². The Morgan fingerprint density at radius 2 is 1.95 bits per heavy atom. The smallest absolute Gasteiger partial charge is 0.0902 e. The molecule has 3 nitrogen and oxygen atoms in total. The number of nitrogens with zero attached hydrogens (tertiary/aromatic N) is 2. The molecule has 0 spiro atoms. The molecule has 2 aliphatic rings. The highest BCUT2D eigenvalue weighted by molar-refractivity contribution is 7.80. The maximum absolute atomic E-state index is 5.93. The van der Waals surface area contributed by atoms with Crippen LogP contribution in [-0.4, -0.2) is 53.1 Å². The van der Waals surface area contributed by atoms with E-state index in [9.17, 15) is 0 Å². The molecule has 2 rings (SSSR count). The van der Waals surface area contributed by atoms with Gasteiger partial charge in [0.2, 0.25) is 0 Å². The predicted octanol–water partition coefficient (Wildman–Crippen LogP) is 2.64. The van der Waals surface area contributed by atoms with E-state index in [2.05, 4.69) is 23.6 Å². The molecule has 0 aromatic carbocycles. The summed E-state index contributed by atoms with van der Waals surface area (Å²) in [5, 5.41) is 0. The maximum Gasteiger partial charge on any atom is 0.0902 e. The Hall–Kier alpha value is -0.190. The minimum atomic E-state index is 0.322. The SMILES string of the molecule is CCCC(C(N)=S)N1CCN(C2CCCC(C)C2)CC1. The predicted molar refractivity (Wildman–Crippen MR) is 90.0 cm³/mol. The number of thiocarbonyl (C=S) groups is 1. The zero-order valence-electron chi connectivity index (χ0n) is 13.2. The Bertz CT molecular complexity index is 313. The van der Waals surface area contributed by atoms with Crippen molar-refractivity contribution in [1.82, 2.24) is 9.80 Å². The summed E-state index contributed by atoms with van der Waals surface area (Å²) in [4.78, 5) is 5.91. The molecular formula is C16H31N3S. The first-order valence-electron chi connectivity index (χ1n) is 8.39. The highest BCUT2D eigenvalue weighted by atomic mass is 32.1. The zero-order valence-corrected chi connectivity index (χ0v) is 14.0. The summed E-state index contributed by atoms with van der Waals surface area (Å²) in [6.07, 6.45) is 7.90. The number of hydrogen-bond acceptors (Lipinski definition) is 3. The molecule has 20 heavy (non-hydrogen) atoms. The molecule has 1 saturated heterocycles. The van der Waals surface area contributed by atoms with Crippen LogP contribution in [0, 0.1) is 5.92 Å². The van der Waals surface area contributed by atoms with E-state index in [1.165, 1.54) is 38.8 Å². The summed E-state index contributed by atoms with van der Waals surface area (Å²) >= 11 is 5.26. The minimum Gasteiger partial charge on any atom is -0.392 e. The van der Waals surface area contributed by atoms with E-state index in [0.29, 0.717) is 11.0 Å². The van der Waals surface area contributed by atoms with Crippen molar-refractivity contribution in [3.8, 4) is 0 Å². The lowest BCUT2D eigenvalue weighted by atomic mass is 9.86. The van der Waals surface area contributed by atoms with Crippen molar-refractivity contribution in [1.29, 1.82) is 0 Å². The van der Waals surface area contributed by atoms with Crippen molar-refractivity contribution in [2.24, 2.45) is 11.7 Å². The van der Waals surface area contributed by atoms with Crippen molar-refractivity contribution in [2.45, 2.75) is 64.5 Å². The fraction of sp³-hybridized carbons (Fsp3) is 0.938. The lowest BCUT2D eigenvalue weighted by Crippen LogP contribution is -2.56. The first-order chi connectivity index (χ1) is 9.61. The molecule has 4 heteroatoms. The second-order valence-electron chi connectivity index (χ2n) is 6.70. The fourth-order valence-corrected chi connectivity index (χ4v) is 4.19. The van der Waals surface area contributed by atoms with Crippen LogP contribution in [-0.2, 0) is 0 Å². The number of nitrogens with two attached hydrogens (primary N) is 1. The molecule has 0 aromatic heterocycles. The molecule has 3 atom stereocenters. The highest BCUT2D eigenvalue weighted by Crippen LogP contribution is 2.28. The van der Waals surface area contributed by atoms with Crippen LogP contribution in [0.15, 0.2) is 0 Å². The minimum absolute atomic E-state index is 0.322. The largest absolute Gasteiger partial charge is 0.392 e. The summed E-state index contributed by atoms with van der Waals surface area (Å²) in [6.45, 7) is 9.28. The van der Waals surface area contributed by atoms with Gasteiger partial charge in [0.15, 0.2) is 0 Å². The quantitative estimate of drug-likeness (QED) is 0.791.